The molecule has 0 aromatic rings. The van der Waals surface area contributed by atoms with Gasteiger partial charge in [-0.25, -0.2) is 0 Å². The predicted molar refractivity (Wildman–Crippen MR) is 171 cm³/mol. The van der Waals surface area contributed by atoms with E-state index in [1.165, 1.54) is 13.3 Å². The van der Waals surface area contributed by atoms with Crippen LogP contribution in [-0.4, -0.2) is 94.3 Å². The summed E-state index contributed by atoms with van der Waals surface area (Å²) in [7, 11) is 1.72. The van der Waals surface area contributed by atoms with E-state index in [1.54, 1.807) is 45.3 Å². The van der Waals surface area contributed by atoms with E-state index in [9.17, 15) is 24.9 Å². The van der Waals surface area contributed by atoms with Crippen LogP contribution < -0.4 is 5.32 Å². The van der Waals surface area contributed by atoms with Crippen molar-refractivity contribution in [2.45, 2.75) is 153 Å². The number of esters is 2. The van der Waals surface area contributed by atoms with Crippen LogP contribution in [0.15, 0.2) is 36.0 Å². The van der Waals surface area contributed by atoms with Gasteiger partial charge >= 0.3 is 11.9 Å². The normalized spacial score (nSPS) is 36.0. The van der Waals surface area contributed by atoms with E-state index in [1.807, 2.05) is 19.9 Å². The van der Waals surface area contributed by atoms with Crippen molar-refractivity contribution in [1.82, 2.24) is 5.32 Å². The van der Waals surface area contributed by atoms with Crippen LogP contribution in [0.5, 0.6) is 0 Å². The molecule has 256 valence electrons. The van der Waals surface area contributed by atoms with E-state index in [0.29, 0.717) is 6.04 Å². The highest BCUT2D eigenvalue weighted by molar-refractivity contribution is 5.70. The quantitative estimate of drug-likeness (QED) is 0.108. The van der Waals surface area contributed by atoms with Gasteiger partial charge in [0, 0.05) is 31.9 Å². The van der Waals surface area contributed by atoms with Crippen LogP contribution in [0.1, 0.15) is 93.4 Å². The molecule has 0 spiro atoms. The van der Waals surface area contributed by atoms with Crippen LogP contribution in [0.3, 0.4) is 0 Å². The second-order valence-electron chi connectivity index (χ2n) is 13.8. The minimum Gasteiger partial charge on any atom is -0.457 e. The predicted octanol–water partition coefficient (Wildman–Crippen LogP) is 3.91. The number of hydrogen-bond acceptors (Lipinski definition) is 10. The summed E-state index contributed by atoms with van der Waals surface area (Å²) >= 11 is 0. The topological polar surface area (TPSA) is 147 Å². The largest absolute Gasteiger partial charge is 0.457 e. The minimum atomic E-state index is -1.44. The average molecular weight is 636 g/mol. The third kappa shape index (κ3) is 10.5. The van der Waals surface area contributed by atoms with E-state index in [4.69, 9.17) is 18.9 Å². The molecule has 1 saturated heterocycles. The smallest absolute Gasteiger partial charge is 0.309 e. The van der Waals surface area contributed by atoms with Crippen LogP contribution in [0.2, 0.25) is 0 Å². The number of hydrogen-bond donors (Lipinski definition) is 4. The zero-order chi connectivity index (χ0) is 33.5. The molecule has 2 fully saturated rings. The first-order valence-corrected chi connectivity index (χ1v) is 16.6. The van der Waals surface area contributed by atoms with Crippen molar-refractivity contribution >= 4 is 11.9 Å². The maximum absolute atomic E-state index is 12.8. The lowest BCUT2D eigenvalue weighted by atomic mass is 9.84. The van der Waals surface area contributed by atoms with Gasteiger partial charge in [0.1, 0.15) is 23.9 Å². The van der Waals surface area contributed by atoms with Gasteiger partial charge in [-0.3, -0.25) is 9.59 Å². The van der Waals surface area contributed by atoms with Crippen molar-refractivity contribution < 1.29 is 43.9 Å². The van der Waals surface area contributed by atoms with E-state index in [-0.39, 0.29) is 55.5 Å². The number of carbonyl (C=O) groups is 2. The summed E-state index contributed by atoms with van der Waals surface area (Å²) < 4.78 is 23.1. The van der Waals surface area contributed by atoms with E-state index in [0.717, 1.165) is 24.8 Å². The maximum atomic E-state index is 12.8. The minimum absolute atomic E-state index is 0.0140. The fourth-order valence-electron chi connectivity index (χ4n) is 6.44. The highest BCUT2D eigenvalue weighted by Crippen LogP contribution is 2.39. The third-order valence-electron chi connectivity index (χ3n) is 9.71. The molecule has 3 unspecified atom stereocenters. The first kappa shape index (κ1) is 37.4. The molecule has 3 rings (SSSR count). The fraction of sp³-hybridized carbons (Fsp3) is 0.771. The first-order chi connectivity index (χ1) is 21.1. The number of nitrogens with one attached hydrogen (secondary N) is 1. The molecule has 0 bridgehead atoms. The second kappa shape index (κ2) is 16.2. The standard InChI is InChI=1S/C35H57NO9/c1-9-27(42-8)23(4)31-32(45-31)33(36-25-13-10-14-25)35(7,41)18-11-12-21(2)30-22(3)15-16-28(43-24(5)37)34(6,40)19-17-26(38)20-29(39)44-30/h11-12,15-16,18,22-23,25-28,30-33,36,38,40-41H,9-10,13-14,17,19-20H2,1-8H3/b16-15+,18-11+,21-12+/t22-,23+,26+,27-,28-,30?,31+,32-,33?,34+,35?/m0/s1. The van der Waals surface area contributed by atoms with Crippen molar-refractivity contribution in [3.05, 3.63) is 36.0 Å². The van der Waals surface area contributed by atoms with Crippen molar-refractivity contribution in [3.8, 4) is 0 Å². The molecule has 2 aliphatic heterocycles. The molecule has 0 aromatic carbocycles. The van der Waals surface area contributed by atoms with Gasteiger partial charge in [0.25, 0.3) is 0 Å². The summed E-state index contributed by atoms with van der Waals surface area (Å²) in [5, 5.41) is 36.9. The summed E-state index contributed by atoms with van der Waals surface area (Å²) in [4.78, 5) is 24.6. The number of epoxide rings is 1. The molecule has 0 radical (unpaired) electrons. The Kier molecular flexibility index (Phi) is 13.4. The van der Waals surface area contributed by atoms with E-state index < -0.39 is 41.5 Å². The molecule has 2 heterocycles. The fourth-order valence-corrected chi connectivity index (χ4v) is 6.44. The number of carbonyl (C=O) groups excluding carboxylic acids is 2. The Balaban J connectivity index is 1.82. The number of methoxy groups -OCH3 is 1. The lowest BCUT2D eigenvalue weighted by Gasteiger charge is -2.37. The molecular formula is C35H57NO9. The number of ether oxygens (including phenoxy) is 4. The zero-order valence-corrected chi connectivity index (χ0v) is 28.4. The number of cyclic esters (lactones) is 1. The molecular weight excluding hydrogens is 578 g/mol. The monoisotopic (exact) mass is 635 g/mol. The van der Waals surface area contributed by atoms with Gasteiger partial charge < -0.3 is 39.6 Å². The summed E-state index contributed by atoms with van der Waals surface area (Å²) in [6.07, 6.45) is 10.2. The van der Waals surface area contributed by atoms with Crippen LogP contribution in [-0.2, 0) is 28.5 Å². The van der Waals surface area contributed by atoms with Gasteiger partial charge in [-0.05, 0) is 64.5 Å². The third-order valence-corrected chi connectivity index (χ3v) is 9.71. The van der Waals surface area contributed by atoms with Crippen LogP contribution in [0.25, 0.3) is 0 Å². The number of aliphatic hydroxyl groups is 3. The summed E-state index contributed by atoms with van der Waals surface area (Å²) in [6, 6.07) is 0.0231. The van der Waals surface area contributed by atoms with Crippen molar-refractivity contribution in [3.63, 3.8) is 0 Å². The Hall–Kier alpha value is -2.08. The van der Waals surface area contributed by atoms with Crippen molar-refractivity contribution in [2.75, 3.05) is 7.11 Å². The Morgan fingerprint density at radius 2 is 1.93 bits per heavy atom. The Morgan fingerprint density at radius 3 is 2.51 bits per heavy atom. The van der Waals surface area contributed by atoms with Crippen molar-refractivity contribution in [1.29, 1.82) is 0 Å². The van der Waals surface area contributed by atoms with Crippen LogP contribution in [0, 0.1) is 11.8 Å². The lowest BCUT2D eigenvalue weighted by Crippen LogP contribution is -2.56. The maximum Gasteiger partial charge on any atom is 0.309 e. The number of allylic oxidation sites excluding steroid dienone is 2. The molecule has 3 aliphatic rings. The molecule has 4 N–H and O–H groups in total. The summed E-state index contributed by atoms with van der Waals surface area (Å²) in [5.41, 5.74) is -1.95. The van der Waals surface area contributed by atoms with Gasteiger partial charge in [-0.15, -0.1) is 0 Å². The Bertz CT molecular complexity index is 1070. The van der Waals surface area contributed by atoms with Crippen LogP contribution in [0.4, 0.5) is 0 Å². The molecule has 0 amide bonds. The van der Waals surface area contributed by atoms with Gasteiger partial charge in [0.2, 0.25) is 0 Å². The Labute approximate surface area is 269 Å². The highest BCUT2D eigenvalue weighted by Gasteiger charge is 2.54. The molecule has 0 aromatic heterocycles. The van der Waals surface area contributed by atoms with Crippen molar-refractivity contribution in [2.24, 2.45) is 11.8 Å². The zero-order valence-electron chi connectivity index (χ0n) is 28.4. The highest BCUT2D eigenvalue weighted by atomic mass is 16.6. The average Bonchev–Trinajstić information content (AvgIpc) is 3.72. The SMILES string of the molecule is CC[C@H](OC)[C@@H](C)[C@H]1O[C@@H]1C(NC1CCC1)C(C)(O)/C=C/C=C(\C)C1OC(=O)C[C@H](O)CC[C@@](C)(O)[C@@H](OC(C)=O)/C=C/[C@@H]1C. The molecule has 1 saturated carbocycles. The van der Waals surface area contributed by atoms with Gasteiger partial charge in [-0.1, -0.05) is 51.5 Å². The van der Waals surface area contributed by atoms with Crippen LogP contribution >= 0.6 is 0 Å². The summed E-state index contributed by atoms with van der Waals surface area (Å²) in [6.45, 7) is 12.5. The lowest BCUT2D eigenvalue weighted by molar-refractivity contribution is -0.157. The van der Waals surface area contributed by atoms with E-state index in [2.05, 4.69) is 19.2 Å². The van der Waals surface area contributed by atoms with Gasteiger partial charge in [0.15, 0.2) is 0 Å². The molecule has 1 aliphatic carbocycles. The number of aliphatic hydroxyl groups excluding tert-OH is 1. The Morgan fingerprint density at radius 1 is 1.24 bits per heavy atom. The number of rotatable bonds is 12. The molecule has 10 heteroatoms. The van der Waals surface area contributed by atoms with Gasteiger partial charge in [0.05, 0.1) is 36.4 Å². The summed E-state index contributed by atoms with van der Waals surface area (Å²) in [5.74, 6) is -1.25. The molecule has 11 atom stereocenters. The molecule has 10 nitrogen and oxygen atoms in total. The molecule has 45 heavy (non-hydrogen) atoms. The van der Waals surface area contributed by atoms with Gasteiger partial charge in [-0.2, -0.15) is 0 Å². The van der Waals surface area contributed by atoms with E-state index >= 15 is 0 Å². The second-order valence-corrected chi connectivity index (χ2v) is 13.8. The first-order valence-electron chi connectivity index (χ1n) is 16.6.